The van der Waals surface area contributed by atoms with Crippen LogP contribution in [-0.4, -0.2) is 18.5 Å². The number of halogens is 1. The second kappa shape index (κ2) is 6.01. The molecule has 0 saturated carbocycles. The highest BCUT2D eigenvalue weighted by Gasteiger charge is 2.04. The third-order valence-electron chi connectivity index (χ3n) is 2.13. The van der Waals surface area contributed by atoms with Crippen molar-refractivity contribution in [2.24, 2.45) is 0 Å². The molecule has 0 saturated heterocycles. The second-order valence-corrected chi connectivity index (χ2v) is 4.90. The minimum atomic E-state index is -0.0237. The quantitative estimate of drug-likeness (QED) is 0.893. The summed E-state index contributed by atoms with van der Waals surface area (Å²) in [5.74, 6) is -0.0237. The van der Waals surface area contributed by atoms with E-state index >= 15 is 0 Å². The lowest BCUT2D eigenvalue weighted by Crippen LogP contribution is -2.32. The number of hydrogen-bond donors (Lipinski definition) is 2. The molecule has 0 fully saturated rings. The second-order valence-electron chi connectivity index (χ2n) is 4.05. The number of nitrogens with one attached hydrogen (secondary N) is 2. The average molecular weight is 285 g/mol. The van der Waals surface area contributed by atoms with E-state index in [0.717, 1.165) is 15.7 Å². The maximum Gasteiger partial charge on any atom is 0.238 e. The minimum absolute atomic E-state index is 0.0237. The Labute approximate surface area is 105 Å². The van der Waals surface area contributed by atoms with E-state index in [4.69, 9.17) is 0 Å². The van der Waals surface area contributed by atoms with E-state index in [1.54, 1.807) is 0 Å². The smallest absolute Gasteiger partial charge is 0.238 e. The molecule has 1 amide bonds. The highest BCUT2D eigenvalue weighted by molar-refractivity contribution is 9.10. The monoisotopic (exact) mass is 284 g/mol. The van der Waals surface area contributed by atoms with Gasteiger partial charge in [0.25, 0.3) is 0 Å². The summed E-state index contributed by atoms with van der Waals surface area (Å²) in [5, 5.41) is 5.90. The first-order valence-electron chi connectivity index (χ1n) is 5.28. The van der Waals surface area contributed by atoms with Gasteiger partial charge in [-0.3, -0.25) is 4.79 Å². The number of hydrogen-bond acceptors (Lipinski definition) is 2. The minimum Gasteiger partial charge on any atom is -0.325 e. The molecule has 88 valence electrons. The normalized spacial score (nSPS) is 10.6. The van der Waals surface area contributed by atoms with Crippen LogP contribution < -0.4 is 10.6 Å². The molecule has 0 aliphatic carbocycles. The zero-order valence-corrected chi connectivity index (χ0v) is 11.4. The summed E-state index contributed by atoms with van der Waals surface area (Å²) >= 11 is 3.43. The number of amides is 1. The lowest BCUT2D eigenvalue weighted by Gasteiger charge is -2.09. The first kappa shape index (κ1) is 13.2. The van der Waals surface area contributed by atoms with Crippen LogP contribution in [0.2, 0.25) is 0 Å². The molecule has 0 radical (unpaired) electrons. The number of aryl methyl sites for hydroxylation is 1. The average Bonchev–Trinajstić information content (AvgIpc) is 2.21. The van der Waals surface area contributed by atoms with Gasteiger partial charge in [-0.05, 0) is 24.6 Å². The van der Waals surface area contributed by atoms with Gasteiger partial charge >= 0.3 is 0 Å². The van der Waals surface area contributed by atoms with Gasteiger partial charge in [-0.15, -0.1) is 0 Å². The zero-order chi connectivity index (χ0) is 12.1. The Morgan fingerprint density at radius 3 is 2.69 bits per heavy atom. The molecule has 0 aromatic heterocycles. The Morgan fingerprint density at radius 1 is 1.44 bits per heavy atom. The van der Waals surface area contributed by atoms with Crippen LogP contribution in [0, 0.1) is 6.92 Å². The van der Waals surface area contributed by atoms with Gasteiger partial charge in [0.05, 0.1) is 6.54 Å². The maximum absolute atomic E-state index is 11.5. The molecule has 16 heavy (non-hydrogen) atoms. The molecule has 1 aromatic carbocycles. The zero-order valence-electron chi connectivity index (χ0n) is 9.80. The molecule has 0 heterocycles. The van der Waals surface area contributed by atoms with Crippen molar-refractivity contribution in [3.05, 3.63) is 28.2 Å². The number of rotatable bonds is 4. The highest BCUT2D eigenvalue weighted by atomic mass is 79.9. The molecule has 1 rings (SSSR count). The van der Waals surface area contributed by atoms with Crippen LogP contribution in [0.1, 0.15) is 19.4 Å². The molecule has 4 heteroatoms. The fraction of sp³-hybridized carbons (Fsp3) is 0.417. The molecule has 0 aliphatic rings. The van der Waals surface area contributed by atoms with Gasteiger partial charge < -0.3 is 10.6 Å². The summed E-state index contributed by atoms with van der Waals surface area (Å²) in [6, 6.07) is 6.08. The van der Waals surface area contributed by atoms with E-state index in [9.17, 15) is 4.79 Å². The van der Waals surface area contributed by atoms with E-state index in [-0.39, 0.29) is 5.91 Å². The number of benzene rings is 1. The van der Waals surface area contributed by atoms with Gasteiger partial charge in [-0.1, -0.05) is 35.8 Å². The predicted molar refractivity (Wildman–Crippen MR) is 70.6 cm³/mol. The van der Waals surface area contributed by atoms with Gasteiger partial charge in [-0.2, -0.15) is 0 Å². The summed E-state index contributed by atoms with van der Waals surface area (Å²) < 4.78 is 1.00. The standard InChI is InChI=1S/C12H17BrN2O/c1-8(2)14-7-12(16)15-10-5-4-9(3)11(13)6-10/h4-6,8,14H,7H2,1-3H3,(H,15,16). The molecule has 0 atom stereocenters. The Balaban J connectivity index is 2.53. The van der Waals surface area contributed by atoms with Crippen LogP contribution in [0.3, 0.4) is 0 Å². The summed E-state index contributed by atoms with van der Waals surface area (Å²) in [6.45, 7) is 6.37. The van der Waals surface area contributed by atoms with E-state index in [0.29, 0.717) is 12.6 Å². The fourth-order valence-corrected chi connectivity index (χ4v) is 1.55. The molecule has 1 aromatic rings. The molecular weight excluding hydrogens is 268 g/mol. The summed E-state index contributed by atoms with van der Waals surface area (Å²) in [4.78, 5) is 11.5. The molecule has 2 N–H and O–H groups in total. The third kappa shape index (κ3) is 4.33. The van der Waals surface area contributed by atoms with Crippen molar-refractivity contribution in [1.29, 1.82) is 0 Å². The van der Waals surface area contributed by atoms with Crippen LogP contribution >= 0.6 is 15.9 Å². The van der Waals surface area contributed by atoms with Crippen molar-refractivity contribution >= 4 is 27.5 Å². The number of carbonyl (C=O) groups is 1. The van der Waals surface area contributed by atoms with E-state index in [1.807, 2.05) is 39.0 Å². The Bertz CT molecular complexity index is 377. The fourth-order valence-electron chi connectivity index (χ4n) is 1.17. The van der Waals surface area contributed by atoms with Crippen molar-refractivity contribution < 1.29 is 4.79 Å². The van der Waals surface area contributed by atoms with Crippen LogP contribution in [0.25, 0.3) is 0 Å². The maximum atomic E-state index is 11.5. The van der Waals surface area contributed by atoms with Gasteiger partial charge in [0, 0.05) is 16.2 Å². The van der Waals surface area contributed by atoms with Gasteiger partial charge in [0.2, 0.25) is 5.91 Å². The first-order chi connectivity index (χ1) is 7.49. The van der Waals surface area contributed by atoms with Crippen LogP contribution in [-0.2, 0) is 4.79 Å². The molecule has 0 aliphatic heterocycles. The number of anilines is 1. The Kier molecular flexibility index (Phi) is 4.96. The third-order valence-corrected chi connectivity index (χ3v) is 2.98. The molecule has 0 spiro atoms. The molecule has 0 bridgehead atoms. The molecule has 0 unspecified atom stereocenters. The Morgan fingerprint density at radius 2 is 2.12 bits per heavy atom. The van der Waals surface area contributed by atoms with Crippen molar-refractivity contribution in [3.8, 4) is 0 Å². The van der Waals surface area contributed by atoms with Crippen LogP contribution in [0.15, 0.2) is 22.7 Å². The summed E-state index contributed by atoms with van der Waals surface area (Å²) in [7, 11) is 0. The Hall–Kier alpha value is -0.870. The van der Waals surface area contributed by atoms with Crippen LogP contribution in [0.4, 0.5) is 5.69 Å². The van der Waals surface area contributed by atoms with E-state index < -0.39 is 0 Å². The molecule has 3 nitrogen and oxygen atoms in total. The summed E-state index contributed by atoms with van der Waals surface area (Å²) in [6.07, 6.45) is 0. The van der Waals surface area contributed by atoms with Crippen molar-refractivity contribution in [2.45, 2.75) is 26.8 Å². The number of carbonyl (C=O) groups excluding carboxylic acids is 1. The van der Waals surface area contributed by atoms with E-state index in [2.05, 4.69) is 26.6 Å². The van der Waals surface area contributed by atoms with Crippen molar-refractivity contribution in [2.75, 3.05) is 11.9 Å². The summed E-state index contributed by atoms with van der Waals surface area (Å²) in [5.41, 5.74) is 1.96. The predicted octanol–water partition coefficient (Wildman–Crippen LogP) is 2.69. The van der Waals surface area contributed by atoms with Crippen molar-refractivity contribution in [1.82, 2.24) is 5.32 Å². The lowest BCUT2D eigenvalue weighted by molar-refractivity contribution is -0.115. The van der Waals surface area contributed by atoms with E-state index in [1.165, 1.54) is 0 Å². The largest absolute Gasteiger partial charge is 0.325 e. The van der Waals surface area contributed by atoms with Gasteiger partial charge in [0.1, 0.15) is 0 Å². The van der Waals surface area contributed by atoms with Crippen molar-refractivity contribution in [3.63, 3.8) is 0 Å². The SMILES string of the molecule is Cc1ccc(NC(=O)CNC(C)C)cc1Br. The van der Waals surface area contributed by atoms with Crippen LogP contribution in [0.5, 0.6) is 0 Å². The molecular formula is C12H17BrN2O. The van der Waals surface area contributed by atoms with Gasteiger partial charge in [-0.25, -0.2) is 0 Å². The van der Waals surface area contributed by atoms with Gasteiger partial charge in [0.15, 0.2) is 0 Å². The lowest BCUT2D eigenvalue weighted by atomic mass is 10.2. The first-order valence-corrected chi connectivity index (χ1v) is 6.07. The highest BCUT2D eigenvalue weighted by Crippen LogP contribution is 2.20. The topological polar surface area (TPSA) is 41.1 Å².